The number of hydrogen-bond acceptors (Lipinski definition) is 2. The first-order valence-corrected chi connectivity index (χ1v) is 7.23. The summed E-state index contributed by atoms with van der Waals surface area (Å²) in [4.78, 5) is 2.39. The van der Waals surface area contributed by atoms with Gasteiger partial charge >= 0.3 is 0 Å². The van der Waals surface area contributed by atoms with Gasteiger partial charge < -0.3 is 10.6 Å². The molecule has 0 amide bonds. The SMILES string of the molecule is CCN(CCCCc1ccccc1)CC(C)C(=N)N. The fourth-order valence-electron chi connectivity index (χ4n) is 2.17. The molecule has 0 bridgehead atoms. The maximum atomic E-state index is 7.45. The lowest BCUT2D eigenvalue weighted by Gasteiger charge is -2.23. The highest BCUT2D eigenvalue weighted by molar-refractivity contribution is 5.79. The summed E-state index contributed by atoms with van der Waals surface area (Å²) in [6.07, 6.45) is 3.57. The van der Waals surface area contributed by atoms with Crippen molar-refractivity contribution in [2.45, 2.75) is 33.1 Å². The summed E-state index contributed by atoms with van der Waals surface area (Å²) in [6, 6.07) is 10.6. The lowest BCUT2D eigenvalue weighted by molar-refractivity contribution is 0.266. The molecule has 0 heterocycles. The van der Waals surface area contributed by atoms with E-state index in [1.807, 2.05) is 6.92 Å². The van der Waals surface area contributed by atoms with Crippen LogP contribution >= 0.6 is 0 Å². The molecule has 106 valence electrons. The third-order valence-corrected chi connectivity index (χ3v) is 3.54. The predicted octanol–water partition coefficient (Wildman–Crippen LogP) is 2.90. The molecule has 0 saturated carbocycles. The Kier molecular flexibility index (Phi) is 7.19. The van der Waals surface area contributed by atoms with E-state index < -0.39 is 0 Å². The Morgan fingerprint density at radius 1 is 1.26 bits per heavy atom. The second kappa shape index (κ2) is 8.70. The van der Waals surface area contributed by atoms with Crippen molar-refractivity contribution in [3.05, 3.63) is 35.9 Å². The van der Waals surface area contributed by atoms with E-state index in [-0.39, 0.29) is 5.92 Å². The molecule has 1 aromatic rings. The summed E-state index contributed by atoms with van der Waals surface area (Å²) < 4.78 is 0. The molecule has 0 aromatic heterocycles. The van der Waals surface area contributed by atoms with Gasteiger partial charge in [0.1, 0.15) is 0 Å². The van der Waals surface area contributed by atoms with E-state index in [0.29, 0.717) is 5.84 Å². The number of nitrogens with zero attached hydrogens (tertiary/aromatic N) is 1. The smallest absolute Gasteiger partial charge is 0.0947 e. The molecule has 3 heteroatoms. The first kappa shape index (κ1) is 15.7. The zero-order valence-electron chi connectivity index (χ0n) is 12.2. The number of hydrogen-bond donors (Lipinski definition) is 2. The van der Waals surface area contributed by atoms with Crippen LogP contribution < -0.4 is 5.73 Å². The van der Waals surface area contributed by atoms with Crippen molar-refractivity contribution in [1.82, 2.24) is 4.90 Å². The zero-order valence-corrected chi connectivity index (χ0v) is 12.2. The van der Waals surface area contributed by atoms with Gasteiger partial charge in [0.15, 0.2) is 0 Å². The van der Waals surface area contributed by atoms with Crippen molar-refractivity contribution in [2.24, 2.45) is 11.7 Å². The number of nitrogens with one attached hydrogen (secondary N) is 1. The minimum absolute atomic E-state index is 0.161. The van der Waals surface area contributed by atoms with Crippen LogP contribution in [0.5, 0.6) is 0 Å². The van der Waals surface area contributed by atoms with E-state index >= 15 is 0 Å². The van der Waals surface area contributed by atoms with Crippen LogP contribution in [0.2, 0.25) is 0 Å². The monoisotopic (exact) mass is 261 g/mol. The molecule has 1 unspecified atom stereocenters. The summed E-state index contributed by atoms with van der Waals surface area (Å²) in [5.74, 6) is 0.455. The Balaban J connectivity index is 2.21. The predicted molar refractivity (Wildman–Crippen MR) is 82.6 cm³/mol. The van der Waals surface area contributed by atoms with Crippen LogP contribution in [0.1, 0.15) is 32.3 Å². The molecule has 0 aliphatic carbocycles. The number of benzene rings is 1. The van der Waals surface area contributed by atoms with E-state index in [1.54, 1.807) is 0 Å². The maximum absolute atomic E-state index is 7.45. The lowest BCUT2D eigenvalue weighted by atomic mass is 10.1. The highest BCUT2D eigenvalue weighted by Crippen LogP contribution is 2.06. The minimum atomic E-state index is 0.161. The highest BCUT2D eigenvalue weighted by Gasteiger charge is 2.10. The summed E-state index contributed by atoms with van der Waals surface area (Å²) in [6.45, 7) is 7.22. The average molecular weight is 261 g/mol. The lowest BCUT2D eigenvalue weighted by Crippen LogP contribution is -2.35. The van der Waals surface area contributed by atoms with Crippen LogP contribution in [0.25, 0.3) is 0 Å². The van der Waals surface area contributed by atoms with Crippen LogP contribution in [0.15, 0.2) is 30.3 Å². The van der Waals surface area contributed by atoms with Gasteiger partial charge in [0, 0.05) is 12.5 Å². The van der Waals surface area contributed by atoms with Gasteiger partial charge in [-0.2, -0.15) is 0 Å². The first-order chi connectivity index (χ1) is 9.13. The van der Waals surface area contributed by atoms with Gasteiger partial charge in [0.05, 0.1) is 5.84 Å². The number of amidine groups is 1. The summed E-state index contributed by atoms with van der Waals surface area (Å²) in [5, 5.41) is 7.45. The molecular weight excluding hydrogens is 234 g/mol. The Morgan fingerprint density at radius 2 is 1.95 bits per heavy atom. The second-order valence-electron chi connectivity index (χ2n) is 5.19. The Morgan fingerprint density at radius 3 is 2.53 bits per heavy atom. The van der Waals surface area contributed by atoms with Crippen molar-refractivity contribution < 1.29 is 0 Å². The second-order valence-corrected chi connectivity index (χ2v) is 5.19. The van der Waals surface area contributed by atoms with Crippen LogP contribution in [0.4, 0.5) is 0 Å². The minimum Gasteiger partial charge on any atom is -0.387 e. The van der Waals surface area contributed by atoms with Gasteiger partial charge in [-0.05, 0) is 37.9 Å². The van der Waals surface area contributed by atoms with Crippen LogP contribution in [0.3, 0.4) is 0 Å². The van der Waals surface area contributed by atoms with Crippen molar-refractivity contribution in [3.8, 4) is 0 Å². The Labute approximate surface area is 117 Å². The van der Waals surface area contributed by atoms with Gasteiger partial charge in [-0.25, -0.2) is 0 Å². The van der Waals surface area contributed by atoms with Gasteiger partial charge in [0.2, 0.25) is 0 Å². The van der Waals surface area contributed by atoms with Gasteiger partial charge in [-0.15, -0.1) is 0 Å². The maximum Gasteiger partial charge on any atom is 0.0947 e. The molecule has 0 fully saturated rings. The molecular formula is C16H27N3. The molecule has 3 nitrogen and oxygen atoms in total. The molecule has 0 aliphatic heterocycles. The van der Waals surface area contributed by atoms with Crippen molar-refractivity contribution in [2.75, 3.05) is 19.6 Å². The Hall–Kier alpha value is -1.35. The largest absolute Gasteiger partial charge is 0.387 e. The fourth-order valence-corrected chi connectivity index (χ4v) is 2.17. The third kappa shape index (κ3) is 6.39. The van der Waals surface area contributed by atoms with E-state index in [2.05, 4.69) is 42.2 Å². The molecule has 19 heavy (non-hydrogen) atoms. The van der Waals surface area contributed by atoms with Gasteiger partial charge in [-0.3, -0.25) is 5.41 Å². The van der Waals surface area contributed by atoms with Crippen LogP contribution in [-0.4, -0.2) is 30.4 Å². The molecule has 1 atom stereocenters. The number of aryl methyl sites for hydroxylation is 1. The summed E-state index contributed by atoms with van der Waals surface area (Å²) in [5.41, 5.74) is 6.95. The number of nitrogens with two attached hydrogens (primary N) is 1. The zero-order chi connectivity index (χ0) is 14.1. The van der Waals surface area contributed by atoms with Crippen molar-refractivity contribution in [3.63, 3.8) is 0 Å². The molecule has 0 aliphatic rings. The molecule has 0 saturated heterocycles. The fraction of sp³-hybridized carbons (Fsp3) is 0.562. The van der Waals surface area contributed by atoms with Gasteiger partial charge in [0.25, 0.3) is 0 Å². The third-order valence-electron chi connectivity index (χ3n) is 3.54. The van der Waals surface area contributed by atoms with E-state index in [0.717, 1.165) is 26.1 Å². The van der Waals surface area contributed by atoms with E-state index in [9.17, 15) is 0 Å². The molecule has 0 radical (unpaired) electrons. The number of unbranched alkanes of at least 4 members (excludes halogenated alkanes) is 1. The van der Waals surface area contributed by atoms with Crippen molar-refractivity contribution >= 4 is 5.84 Å². The van der Waals surface area contributed by atoms with Crippen LogP contribution in [-0.2, 0) is 6.42 Å². The normalized spacial score (nSPS) is 12.6. The molecule has 0 spiro atoms. The standard InChI is InChI=1S/C16H27N3/c1-3-19(13-14(2)16(17)18)12-8-7-11-15-9-5-4-6-10-15/h4-6,9-10,14H,3,7-8,11-13H2,1-2H3,(H3,17,18). The Bertz CT molecular complexity index is 362. The molecule has 3 N–H and O–H groups in total. The summed E-state index contributed by atoms with van der Waals surface area (Å²) in [7, 11) is 0. The summed E-state index contributed by atoms with van der Waals surface area (Å²) >= 11 is 0. The van der Waals surface area contributed by atoms with E-state index in [4.69, 9.17) is 11.1 Å². The van der Waals surface area contributed by atoms with Gasteiger partial charge in [-0.1, -0.05) is 44.2 Å². The molecule has 1 aromatic carbocycles. The van der Waals surface area contributed by atoms with Crippen LogP contribution in [0, 0.1) is 11.3 Å². The van der Waals surface area contributed by atoms with E-state index in [1.165, 1.54) is 18.4 Å². The quantitative estimate of drug-likeness (QED) is 0.408. The molecule has 1 rings (SSSR count). The first-order valence-electron chi connectivity index (χ1n) is 7.23. The average Bonchev–Trinajstić information content (AvgIpc) is 2.43. The topological polar surface area (TPSA) is 53.1 Å². The van der Waals surface area contributed by atoms with Crippen molar-refractivity contribution in [1.29, 1.82) is 5.41 Å². The highest BCUT2D eigenvalue weighted by atomic mass is 15.1. The number of rotatable bonds is 9.